The number of hydrogen-bond acceptors (Lipinski definition) is 6. The van der Waals surface area contributed by atoms with Crippen LogP contribution in [0.25, 0.3) is 0 Å². The fraction of sp³-hybridized carbons (Fsp3) is 0.529. The SMILES string of the molecule is CCc1ncnc(N2CCCN(c3ncnc(CC)c3F)CC2)c1F. The highest BCUT2D eigenvalue weighted by molar-refractivity contribution is 5.45. The summed E-state index contributed by atoms with van der Waals surface area (Å²) >= 11 is 0. The third kappa shape index (κ3) is 3.52. The summed E-state index contributed by atoms with van der Waals surface area (Å²) in [5.41, 5.74) is 0.834. The van der Waals surface area contributed by atoms with Crippen LogP contribution in [0, 0.1) is 11.6 Å². The molecule has 3 rings (SSSR count). The summed E-state index contributed by atoms with van der Waals surface area (Å²) in [5, 5.41) is 0. The number of aromatic nitrogens is 4. The zero-order chi connectivity index (χ0) is 17.8. The maximum absolute atomic E-state index is 14.5. The fourth-order valence-electron chi connectivity index (χ4n) is 3.07. The highest BCUT2D eigenvalue weighted by Gasteiger charge is 2.23. The molecule has 0 spiro atoms. The summed E-state index contributed by atoms with van der Waals surface area (Å²) in [6.07, 6.45) is 4.60. The van der Waals surface area contributed by atoms with Gasteiger partial charge in [0.25, 0.3) is 0 Å². The molecule has 1 saturated heterocycles. The summed E-state index contributed by atoms with van der Waals surface area (Å²) < 4.78 is 29.0. The van der Waals surface area contributed by atoms with Crippen molar-refractivity contribution in [2.24, 2.45) is 0 Å². The minimum Gasteiger partial charge on any atom is -0.352 e. The molecule has 0 N–H and O–H groups in total. The van der Waals surface area contributed by atoms with Crippen LogP contribution < -0.4 is 9.80 Å². The van der Waals surface area contributed by atoms with Crippen LogP contribution in [-0.4, -0.2) is 46.1 Å². The van der Waals surface area contributed by atoms with Crippen LogP contribution in [0.15, 0.2) is 12.7 Å². The number of anilines is 2. The van der Waals surface area contributed by atoms with Crippen LogP contribution in [0.2, 0.25) is 0 Å². The van der Waals surface area contributed by atoms with E-state index in [1.807, 2.05) is 23.6 Å². The highest BCUT2D eigenvalue weighted by Crippen LogP contribution is 2.23. The third-order valence-corrected chi connectivity index (χ3v) is 4.45. The quantitative estimate of drug-likeness (QED) is 0.846. The average Bonchev–Trinajstić information content (AvgIpc) is 2.88. The summed E-state index contributed by atoms with van der Waals surface area (Å²) in [4.78, 5) is 20.0. The van der Waals surface area contributed by atoms with Crippen molar-refractivity contribution in [2.45, 2.75) is 33.1 Å². The van der Waals surface area contributed by atoms with Crippen molar-refractivity contribution < 1.29 is 8.78 Å². The Balaban J connectivity index is 1.79. The third-order valence-electron chi connectivity index (χ3n) is 4.45. The molecule has 1 aliphatic heterocycles. The standard InChI is InChI=1S/C17H22F2N6/c1-3-12-14(18)16(22-10-20-12)24-6-5-7-25(9-8-24)17-15(19)13(4-2)21-11-23-17/h10-11H,3-9H2,1-2H3. The van der Waals surface area contributed by atoms with Gasteiger partial charge in [0, 0.05) is 26.2 Å². The van der Waals surface area contributed by atoms with Gasteiger partial charge in [0.15, 0.2) is 23.3 Å². The molecule has 0 aliphatic carbocycles. The first kappa shape index (κ1) is 17.4. The predicted molar refractivity (Wildman–Crippen MR) is 91.8 cm³/mol. The number of halogens is 2. The first-order valence-electron chi connectivity index (χ1n) is 8.64. The van der Waals surface area contributed by atoms with Gasteiger partial charge in [-0.2, -0.15) is 0 Å². The molecule has 0 unspecified atom stereocenters. The molecule has 1 aliphatic rings. The topological polar surface area (TPSA) is 58.0 Å². The van der Waals surface area contributed by atoms with Crippen molar-refractivity contribution in [1.29, 1.82) is 0 Å². The molecule has 0 saturated carbocycles. The van der Waals surface area contributed by atoms with Gasteiger partial charge in [-0.25, -0.2) is 28.7 Å². The summed E-state index contributed by atoms with van der Waals surface area (Å²) in [6.45, 7) is 6.12. The molecule has 2 aromatic rings. The van der Waals surface area contributed by atoms with Crippen molar-refractivity contribution in [3.05, 3.63) is 35.7 Å². The Hall–Kier alpha value is -2.38. The first-order chi connectivity index (χ1) is 12.2. The summed E-state index contributed by atoms with van der Waals surface area (Å²) in [7, 11) is 0. The van der Waals surface area contributed by atoms with Gasteiger partial charge in [-0.3, -0.25) is 0 Å². The van der Waals surface area contributed by atoms with E-state index in [1.54, 1.807) is 0 Å². The number of nitrogens with zero attached hydrogens (tertiary/aromatic N) is 6. The van der Waals surface area contributed by atoms with Crippen molar-refractivity contribution in [3.63, 3.8) is 0 Å². The smallest absolute Gasteiger partial charge is 0.187 e. The normalized spacial score (nSPS) is 15.4. The molecule has 0 aromatic carbocycles. The summed E-state index contributed by atoms with van der Waals surface area (Å²) in [6, 6.07) is 0. The Morgan fingerprint density at radius 1 is 0.760 bits per heavy atom. The molecule has 8 heteroatoms. The van der Waals surface area contributed by atoms with Crippen LogP contribution >= 0.6 is 0 Å². The lowest BCUT2D eigenvalue weighted by molar-refractivity contribution is 0.582. The van der Waals surface area contributed by atoms with E-state index in [-0.39, 0.29) is 11.6 Å². The molecule has 3 heterocycles. The van der Waals surface area contributed by atoms with Crippen LogP contribution in [0.4, 0.5) is 20.4 Å². The van der Waals surface area contributed by atoms with Gasteiger partial charge in [0.05, 0.1) is 11.4 Å². The van der Waals surface area contributed by atoms with E-state index in [4.69, 9.17) is 0 Å². The van der Waals surface area contributed by atoms with E-state index in [2.05, 4.69) is 19.9 Å². The minimum absolute atomic E-state index is 0.325. The van der Waals surface area contributed by atoms with Crippen LogP contribution in [0.3, 0.4) is 0 Å². The van der Waals surface area contributed by atoms with Crippen molar-refractivity contribution in [3.8, 4) is 0 Å². The van der Waals surface area contributed by atoms with Gasteiger partial charge < -0.3 is 9.80 Å². The minimum atomic E-state index is -0.361. The van der Waals surface area contributed by atoms with Gasteiger partial charge in [-0.05, 0) is 19.3 Å². The Labute approximate surface area is 145 Å². The number of hydrogen-bond donors (Lipinski definition) is 0. The average molecular weight is 348 g/mol. The molecule has 1 fully saturated rings. The molecule has 0 radical (unpaired) electrons. The van der Waals surface area contributed by atoms with E-state index >= 15 is 0 Å². The maximum Gasteiger partial charge on any atom is 0.187 e. The Kier molecular flexibility index (Phi) is 5.35. The van der Waals surface area contributed by atoms with Crippen molar-refractivity contribution >= 4 is 11.6 Å². The molecule has 6 nitrogen and oxygen atoms in total. The summed E-state index contributed by atoms with van der Waals surface area (Å²) in [5.74, 6) is -0.0721. The van der Waals surface area contributed by atoms with Crippen molar-refractivity contribution in [1.82, 2.24) is 19.9 Å². The monoisotopic (exact) mass is 348 g/mol. The Morgan fingerprint density at radius 2 is 1.20 bits per heavy atom. The molecule has 0 atom stereocenters. The molecule has 2 aromatic heterocycles. The molecular weight excluding hydrogens is 326 g/mol. The fourth-order valence-corrected chi connectivity index (χ4v) is 3.07. The zero-order valence-corrected chi connectivity index (χ0v) is 14.5. The molecule has 0 amide bonds. The van der Waals surface area contributed by atoms with Crippen molar-refractivity contribution in [2.75, 3.05) is 36.0 Å². The first-order valence-corrected chi connectivity index (χ1v) is 8.64. The van der Waals surface area contributed by atoms with Gasteiger partial charge in [0.1, 0.15) is 12.7 Å². The molecule has 134 valence electrons. The number of rotatable bonds is 4. The Morgan fingerprint density at radius 3 is 1.60 bits per heavy atom. The van der Waals surface area contributed by atoms with E-state index in [9.17, 15) is 8.78 Å². The second-order valence-electron chi connectivity index (χ2n) is 5.95. The zero-order valence-electron chi connectivity index (χ0n) is 14.5. The molecule has 0 bridgehead atoms. The molecular formula is C17H22F2N6. The largest absolute Gasteiger partial charge is 0.352 e. The predicted octanol–water partition coefficient (Wildman–Crippen LogP) is 2.39. The van der Waals surface area contributed by atoms with Crippen LogP contribution in [0.5, 0.6) is 0 Å². The lowest BCUT2D eigenvalue weighted by atomic mass is 10.3. The second-order valence-corrected chi connectivity index (χ2v) is 5.95. The van der Waals surface area contributed by atoms with E-state index in [0.29, 0.717) is 62.0 Å². The lowest BCUT2D eigenvalue weighted by Crippen LogP contribution is -2.33. The van der Waals surface area contributed by atoms with E-state index in [1.165, 1.54) is 12.7 Å². The highest BCUT2D eigenvalue weighted by atomic mass is 19.1. The van der Waals surface area contributed by atoms with Gasteiger partial charge >= 0.3 is 0 Å². The van der Waals surface area contributed by atoms with Crippen LogP contribution in [-0.2, 0) is 12.8 Å². The van der Waals surface area contributed by atoms with E-state index in [0.717, 1.165) is 6.42 Å². The van der Waals surface area contributed by atoms with Gasteiger partial charge in [0.2, 0.25) is 0 Å². The molecule has 25 heavy (non-hydrogen) atoms. The Bertz CT molecular complexity index is 678. The van der Waals surface area contributed by atoms with Gasteiger partial charge in [-0.15, -0.1) is 0 Å². The van der Waals surface area contributed by atoms with E-state index < -0.39 is 0 Å². The van der Waals surface area contributed by atoms with Crippen LogP contribution in [0.1, 0.15) is 31.7 Å². The second kappa shape index (κ2) is 7.67. The maximum atomic E-state index is 14.5. The van der Waals surface area contributed by atoms with Gasteiger partial charge in [-0.1, -0.05) is 13.8 Å². The number of aryl methyl sites for hydroxylation is 2. The lowest BCUT2D eigenvalue weighted by Gasteiger charge is -2.24.